The Labute approximate surface area is 169 Å². The predicted octanol–water partition coefficient (Wildman–Crippen LogP) is 2.90. The van der Waals surface area contributed by atoms with Crippen LogP contribution in [0.4, 0.5) is 4.79 Å². The van der Waals surface area contributed by atoms with E-state index in [1.807, 2.05) is 13.8 Å². The lowest BCUT2D eigenvalue weighted by Gasteiger charge is -2.15. The van der Waals surface area contributed by atoms with Crippen molar-refractivity contribution in [2.75, 3.05) is 0 Å². The zero-order valence-electron chi connectivity index (χ0n) is 16.6. The number of rotatable bonds is 9. The van der Waals surface area contributed by atoms with Gasteiger partial charge in [0.25, 0.3) is 0 Å². The minimum absolute atomic E-state index is 0.0466. The Bertz CT molecular complexity index is 863. The number of primary amides is 1. The first-order valence-electron chi connectivity index (χ1n) is 8.88. The number of nitrogens with zero attached hydrogens (tertiary/aromatic N) is 2. The van der Waals surface area contributed by atoms with Crippen LogP contribution in [-0.2, 0) is 4.84 Å². The second kappa shape index (κ2) is 10.1. The van der Waals surface area contributed by atoms with Crippen LogP contribution in [0.15, 0.2) is 55.1 Å². The summed E-state index contributed by atoms with van der Waals surface area (Å²) in [6.07, 6.45) is 4.80. The normalized spacial score (nSPS) is 12.2. The van der Waals surface area contributed by atoms with E-state index in [-0.39, 0.29) is 6.10 Å². The van der Waals surface area contributed by atoms with Gasteiger partial charge in [-0.2, -0.15) is 5.90 Å². The van der Waals surface area contributed by atoms with Gasteiger partial charge in [-0.3, -0.25) is 0 Å². The number of amides is 2. The third kappa shape index (κ3) is 6.82. The van der Waals surface area contributed by atoms with E-state index in [2.05, 4.69) is 21.9 Å². The lowest BCUT2D eigenvalue weighted by Crippen LogP contribution is -2.38. The molecule has 2 amide bonds. The minimum atomic E-state index is -0.687. The summed E-state index contributed by atoms with van der Waals surface area (Å²) in [5.74, 6) is 7.02. The van der Waals surface area contributed by atoms with Gasteiger partial charge in [-0.05, 0) is 50.1 Å². The maximum atomic E-state index is 11.0. The zero-order chi connectivity index (χ0) is 21.4. The zero-order valence-corrected chi connectivity index (χ0v) is 16.6. The van der Waals surface area contributed by atoms with Gasteiger partial charge in [-0.25, -0.2) is 14.8 Å². The van der Waals surface area contributed by atoms with Crippen molar-refractivity contribution in [3.05, 3.63) is 60.6 Å². The summed E-state index contributed by atoms with van der Waals surface area (Å²) in [7, 11) is 0. The number of hydrogen-bond acceptors (Lipinski definition) is 7. The number of urea groups is 1. The van der Waals surface area contributed by atoms with Crippen molar-refractivity contribution in [2.24, 2.45) is 11.6 Å². The molecule has 9 nitrogen and oxygen atoms in total. The van der Waals surface area contributed by atoms with Crippen LogP contribution in [0.2, 0.25) is 0 Å². The van der Waals surface area contributed by atoms with Gasteiger partial charge in [0.15, 0.2) is 0 Å². The first-order valence-corrected chi connectivity index (χ1v) is 8.88. The van der Waals surface area contributed by atoms with E-state index in [1.54, 1.807) is 49.7 Å². The maximum Gasteiger partial charge on any atom is 0.312 e. The molecule has 2 heterocycles. The van der Waals surface area contributed by atoms with Gasteiger partial charge in [0.2, 0.25) is 11.8 Å². The number of pyridine rings is 2. The molecule has 1 atom stereocenters. The van der Waals surface area contributed by atoms with Crippen molar-refractivity contribution in [2.45, 2.75) is 32.9 Å². The van der Waals surface area contributed by atoms with Crippen LogP contribution in [0.3, 0.4) is 0 Å². The van der Waals surface area contributed by atoms with E-state index < -0.39 is 12.1 Å². The summed E-state index contributed by atoms with van der Waals surface area (Å²) < 4.78 is 11.2. The topological polar surface area (TPSA) is 135 Å². The summed E-state index contributed by atoms with van der Waals surface area (Å²) >= 11 is 0. The van der Waals surface area contributed by atoms with Crippen molar-refractivity contribution in [1.82, 2.24) is 15.3 Å². The maximum absolute atomic E-state index is 11.0. The van der Waals surface area contributed by atoms with E-state index in [1.165, 1.54) is 0 Å². The number of allylic oxidation sites excluding steroid dienone is 2. The van der Waals surface area contributed by atoms with Gasteiger partial charge < -0.3 is 25.4 Å². The highest BCUT2D eigenvalue weighted by molar-refractivity contribution is 5.74. The third-order valence-electron chi connectivity index (χ3n) is 3.63. The molecule has 0 aliphatic heterocycles. The highest BCUT2D eigenvalue weighted by atomic mass is 16.6. The summed E-state index contributed by atoms with van der Waals surface area (Å²) in [5, 5.41) is 2.48. The van der Waals surface area contributed by atoms with Crippen LogP contribution in [0.5, 0.6) is 17.5 Å². The number of carbonyl (C=O) groups is 1. The van der Waals surface area contributed by atoms with Crippen LogP contribution < -0.4 is 26.4 Å². The Balaban J connectivity index is 2.04. The van der Waals surface area contributed by atoms with Crippen LogP contribution in [0, 0.1) is 0 Å². The Hall–Kier alpha value is -3.59. The molecule has 9 heteroatoms. The van der Waals surface area contributed by atoms with E-state index in [0.717, 1.165) is 5.56 Å². The molecule has 154 valence electrons. The molecule has 0 fully saturated rings. The Morgan fingerprint density at radius 2 is 1.83 bits per heavy atom. The van der Waals surface area contributed by atoms with E-state index in [4.69, 9.17) is 25.9 Å². The van der Waals surface area contributed by atoms with Gasteiger partial charge in [0.05, 0.1) is 18.3 Å². The molecular formula is C20H25N5O4. The first kappa shape index (κ1) is 21.7. The number of carbonyl (C=O) groups excluding carboxylic acids is 1. The number of hydrogen-bond donors (Lipinski definition) is 3. The molecule has 0 bridgehead atoms. The molecule has 0 aliphatic carbocycles. The average Bonchev–Trinajstić information content (AvgIpc) is 2.67. The van der Waals surface area contributed by atoms with Crippen molar-refractivity contribution in [3.63, 3.8) is 0 Å². The molecule has 0 saturated heterocycles. The number of ether oxygens (including phenoxy) is 2. The fourth-order valence-electron chi connectivity index (χ4n) is 2.29. The molecule has 2 aromatic rings. The highest BCUT2D eigenvalue weighted by Gasteiger charge is 2.12. The van der Waals surface area contributed by atoms with Crippen LogP contribution in [-0.4, -0.2) is 28.1 Å². The molecule has 29 heavy (non-hydrogen) atoms. The molecular weight excluding hydrogens is 374 g/mol. The fraction of sp³-hybridized carbons (Fsp3) is 0.250. The lowest BCUT2D eigenvalue weighted by molar-refractivity contribution is 0.193. The van der Waals surface area contributed by atoms with Crippen molar-refractivity contribution in [1.29, 1.82) is 0 Å². The Morgan fingerprint density at radius 1 is 1.14 bits per heavy atom. The first-order chi connectivity index (χ1) is 13.8. The molecule has 0 radical (unpaired) electrons. The average molecular weight is 399 g/mol. The van der Waals surface area contributed by atoms with Gasteiger partial charge >= 0.3 is 6.03 Å². The number of nitrogens with one attached hydrogen (secondary N) is 1. The molecule has 2 aromatic heterocycles. The quantitative estimate of drug-likeness (QED) is 0.335. The van der Waals surface area contributed by atoms with Crippen LogP contribution in [0.1, 0.15) is 26.3 Å². The Kier molecular flexibility index (Phi) is 7.55. The minimum Gasteiger partial charge on any atom is -0.475 e. The van der Waals surface area contributed by atoms with Crippen LogP contribution >= 0.6 is 0 Å². The second-order valence-electron chi connectivity index (χ2n) is 6.41. The molecule has 0 spiro atoms. The largest absolute Gasteiger partial charge is 0.475 e. The van der Waals surface area contributed by atoms with Gasteiger partial charge in [0, 0.05) is 18.3 Å². The monoisotopic (exact) mass is 399 g/mol. The molecule has 0 aromatic carbocycles. The second-order valence-corrected chi connectivity index (χ2v) is 6.41. The van der Waals surface area contributed by atoms with Gasteiger partial charge in [0.1, 0.15) is 11.5 Å². The number of aromatic nitrogens is 2. The lowest BCUT2D eigenvalue weighted by atomic mass is 10.1. The summed E-state index contributed by atoms with van der Waals surface area (Å²) in [4.78, 5) is 24.2. The SMILES string of the molecule is C=C(/C=C(\ON)C(C)NC(N)=O)c1ccc(Oc2ccc(OC(C)C)nc2)nc1. The van der Waals surface area contributed by atoms with Crippen LogP contribution in [0.25, 0.3) is 5.57 Å². The standard InChI is InChI=1S/C20H25N5O4/c1-12(2)27-18-8-6-16(11-24-18)28-19-7-5-15(10-23-19)13(3)9-17(29-22)14(4)25-20(21)26/h5-12,14H,3,22H2,1-2,4H3,(H3,21,25,26)/b17-9-. The van der Waals surface area contributed by atoms with E-state index >= 15 is 0 Å². The molecule has 2 rings (SSSR count). The smallest absolute Gasteiger partial charge is 0.312 e. The molecule has 1 unspecified atom stereocenters. The highest BCUT2D eigenvalue weighted by Crippen LogP contribution is 2.23. The summed E-state index contributed by atoms with van der Waals surface area (Å²) in [6.45, 7) is 9.50. The molecule has 0 saturated carbocycles. The summed E-state index contributed by atoms with van der Waals surface area (Å²) in [5.41, 5.74) is 6.41. The summed E-state index contributed by atoms with van der Waals surface area (Å²) in [6, 6.07) is 5.75. The molecule has 5 N–H and O–H groups in total. The van der Waals surface area contributed by atoms with Crippen molar-refractivity contribution >= 4 is 11.6 Å². The Morgan fingerprint density at radius 3 is 2.34 bits per heavy atom. The van der Waals surface area contributed by atoms with E-state index in [9.17, 15) is 4.79 Å². The van der Waals surface area contributed by atoms with Gasteiger partial charge in [-0.15, -0.1) is 0 Å². The third-order valence-corrected chi connectivity index (χ3v) is 3.63. The fourth-order valence-corrected chi connectivity index (χ4v) is 2.29. The van der Waals surface area contributed by atoms with Crippen molar-refractivity contribution < 1.29 is 19.1 Å². The van der Waals surface area contributed by atoms with Crippen molar-refractivity contribution in [3.8, 4) is 17.5 Å². The van der Waals surface area contributed by atoms with E-state index in [0.29, 0.717) is 28.8 Å². The predicted molar refractivity (Wildman–Crippen MR) is 109 cm³/mol. The molecule has 0 aliphatic rings. The number of nitrogens with two attached hydrogens (primary N) is 2. The van der Waals surface area contributed by atoms with Gasteiger partial charge in [-0.1, -0.05) is 6.58 Å².